The standard InChI is InChI=1S/C26H33FN2O5/c1-2-34-24(32)15-21-12-5-6-13-28(21)22(30)16-26(18-8-7-9-19(27)14-18)17-23(31)29(25(26)33)20-10-3-4-11-20/h7-9,14,20-21H,2-6,10-13,15-17H2,1H3/t21-,26+/m0/s1. The quantitative estimate of drug-likeness (QED) is 0.448. The normalized spacial score (nSPS) is 25.8. The highest BCUT2D eigenvalue weighted by Crippen LogP contribution is 2.43. The van der Waals surface area contributed by atoms with Gasteiger partial charge in [-0.1, -0.05) is 25.0 Å². The highest BCUT2D eigenvalue weighted by atomic mass is 19.1. The SMILES string of the molecule is CCOC(=O)C[C@@H]1CCCCN1C(=O)C[C@]1(c2cccc(F)c2)CC(=O)N(C2CCCC2)C1=O. The number of halogens is 1. The Morgan fingerprint density at radius 3 is 2.56 bits per heavy atom. The van der Waals surface area contributed by atoms with Gasteiger partial charge < -0.3 is 9.64 Å². The average molecular weight is 473 g/mol. The maximum Gasteiger partial charge on any atom is 0.307 e. The fourth-order valence-corrected chi connectivity index (χ4v) is 5.86. The monoisotopic (exact) mass is 472 g/mol. The number of piperidine rings is 1. The topological polar surface area (TPSA) is 84.0 Å². The van der Waals surface area contributed by atoms with Crippen molar-refractivity contribution >= 4 is 23.7 Å². The minimum Gasteiger partial charge on any atom is -0.466 e. The molecule has 3 fully saturated rings. The summed E-state index contributed by atoms with van der Waals surface area (Å²) in [4.78, 5) is 55.7. The summed E-state index contributed by atoms with van der Waals surface area (Å²) in [5.41, 5.74) is -1.07. The van der Waals surface area contributed by atoms with Gasteiger partial charge in [-0.05, 0) is 56.7 Å². The zero-order chi connectivity index (χ0) is 24.3. The number of imide groups is 1. The number of hydrogen-bond donors (Lipinski definition) is 0. The van der Waals surface area contributed by atoms with Gasteiger partial charge in [0.25, 0.3) is 0 Å². The highest BCUT2D eigenvalue weighted by molar-refractivity contribution is 6.11. The molecule has 184 valence electrons. The van der Waals surface area contributed by atoms with E-state index in [2.05, 4.69) is 0 Å². The minimum absolute atomic E-state index is 0.105. The predicted molar refractivity (Wildman–Crippen MR) is 122 cm³/mol. The first-order valence-corrected chi connectivity index (χ1v) is 12.4. The second-order valence-electron chi connectivity index (χ2n) is 9.70. The molecule has 3 amide bonds. The average Bonchev–Trinajstić information content (AvgIpc) is 3.41. The number of esters is 1. The van der Waals surface area contributed by atoms with Crippen LogP contribution in [0.1, 0.15) is 76.7 Å². The molecule has 2 heterocycles. The van der Waals surface area contributed by atoms with Crippen molar-refractivity contribution < 1.29 is 28.3 Å². The molecule has 3 aliphatic rings. The molecule has 0 aromatic heterocycles. The minimum atomic E-state index is -1.43. The molecule has 0 spiro atoms. The van der Waals surface area contributed by atoms with Crippen LogP contribution in [0.15, 0.2) is 24.3 Å². The molecule has 0 N–H and O–H groups in total. The second kappa shape index (κ2) is 10.2. The molecule has 34 heavy (non-hydrogen) atoms. The van der Waals surface area contributed by atoms with E-state index in [9.17, 15) is 23.6 Å². The van der Waals surface area contributed by atoms with Crippen molar-refractivity contribution in [3.05, 3.63) is 35.6 Å². The number of carbonyl (C=O) groups excluding carboxylic acids is 4. The maximum atomic E-state index is 14.2. The lowest BCUT2D eigenvalue weighted by Crippen LogP contribution is -2.49. The Bertz CT molecular complexity index is 960. The third-order valence-electron chi connectivity index (χ3n) is 7.53. The summed E-state index contributed by atoms with van der Waals surface area (Å²) in [7, 11) is 0. The van der Waals surface area contributed by atoms with E-state index in [4.69, 9.17) is 4.74 Å². The van der Waals surface area contributed by atoms with E-state index in [0.717, 1.165) is 38.5 Å². The van der Waals surface area contributed by atoms with Crippen molar-refractivity contribution in [1.82, 2.24) is 9.80 Å². The van der Waals surface area contributed by atoms with Gasteiger partial charge in [0, 0.05) is 31.5 Å². The number of amides is 3. The van der Waals surface area contributed by atoms with Crippen LogP contribution in [0.25, 0.3) is 0 Å². The van der Waals surface area contributed by atoms with Crippen molar-refractivity contribution in [2.75, 3.05) is 13.2 Å². The van der Waals surface area contributed by atoms with E-state index in [1.54, 1.807) is 17.9 Å². The Hall–Kier alpha value is -2.77. The first-order valence-electron chi connectivity index (χ1n) is 12.4. The molecule has 1 aromatic rings. The number of benzene rings is 1. The first-order chi connectivity index (χ1) is 16.4. The molecule has 2 saturated heterocycles. The summed E-state index contributed by atoms with van der Waals surface area (Å²) in [6.07, 6.45) is 5.56. The predicted octanol–water partition coefficient (Wildman–Crippen LogP) is 3.49. The molecule has 2 aliphatic heterocycles. The van der Waals surface area contributed by atoms with Crippen molar-refractivity contribution in [1.29, 1.82) is 0 Å². The third-order valence-corrected chi connectivity index (χ3v) is 7.53. The van der Waals surface area contributed by atoms with Crippen molar-refractivity contribution in [3.63, 3.8) is 0 Å². The number of ether oxygens (including phenoxy) is 1. The van der Waals surface area contributed by atoms with Crippen LogP contribution in [0.4, 0.5) is 4.39 Å². The maximum absolute atomic E-state index is 14.2. The van der Waals surface area contributed by atoms with E-state index in [0.29, 0.717) is 18.5 Å². The zero-order valence-corrected chi connectivity index (χ0v) is 19.8. The summed E-state index contributed by atoms with van der Waals surface area (Å²) in [6.45, 7) is 2.50. The van der Waals surface area contributed by atoms with Gasteiger partial charge in [0.2, 0.25) is 17.7 Å². The number of hydrogen-bond acceptors (Lipinski definition) is 5. The van der Waals surface area contributed by atoms with Gasteiger partial charge in [-0.2, -0.15) is 0 Å². The lowest BCUT2D eigenvalue weighted by atomic mass is 9.75. The Morgan fingerprint density at radius 1 is 1.12 bits per heavy atom. The molecular formula is C26H33FN2O5. The Kier molecular flexibility index (Phi) is 7.33. The van der Waals surface area contributed by atoms with Gasteiger partial charge in [0.05, 0.1) is 18.4 Å². The van der Waals surface area contributed by atoms with Crippen LogP contribution >= 0.6 is 0 Å². The van der Waals surface area contributed by atoms with Crippen LogP contribution < -0.4 is 0 Å². The van der Waals surface area contributed by atoms with Gasteiger partial charge >= 0.3 is 5.97 Å². The van der Waals surface area contributed by atoms with E-state index < -0.39 is 17.1 Å². The lowest BCUT2D eigenvalue weighted by Gasteiger charge is -2.38. The van der Waals surface area contributed by atoms with Gasteiger partial charge in [-0.25, -0.2) is 4.39 Å². The molecular weight excluding hydrogens is 439 g/mol. The summed E-state index contributed by atoms with van der Waals surface area (Å²) >= 11 is 0. The summed E-state index contributed by atoms with van der Waals surface area (Å²) in [5.74, 6) is -1.85. The van der Waals surface area contributed by atoms with Gasteiger partial charge in [0.15, 0.2) is 0 Å². The lowest BCUT2D eigenvalue weighted by molar-refractivity contribution is -0.149. The molecule has 2 atom stereocenters. The fourth-order valence-electron chi connectivity index (χ4n) is 5.86. The van der Waals surface area contributed by atoms with Gasteiger partial charge in [-0.3, -0.25) is 24.1 Å². The van der Waals surface area contributed by atoms with Crippen LogP contribution in [-0.4, -0.2) is 58.7 Å². The van der Waals surface area contributed by atoms with Crippen LogP contribution in [0.2, 0.25) is 0 Å². The molecule has 8 heteroatoms. The molecule has 7 nitrogen and oxygen atoms in total. The molecule has 1 aliphatic carbocycles. The molecule has 0 radical (unpaired) electrons. The number of nitrogens with zero attached hydrogens (tertiary/aromatic N) is 2. The molecule has 0 unspecified atom stereocenters. The summed E-state index contributed by atoms with van der Waals surface area (Å²) in [6, 6.07) is 5.24. The van der Waals surface area contributed by atoms with E-state index in [1.807, 2.05) is 0 Å². The number of rotatable bonds is 7. The van der Waals surface area contributed by atoms with Crippen LogP contribution in [-0.2, 0) is 29.3 Å². The van der Waals surface area contributed by atoms with Crippen LogP contribution in [0.3, 0.4) is 0 Å². The molecule has 1 aromatic carbocycles. The zero-order valence-electron chi connectivity index (χ0n) is 19.8. The Balaban J connectivity index is 1.64. The number of likely N-dealkylation sites (tertiary alicyclic amines) is 2. The molecule has 4 rings (SSSR count). The van der Waals surface area contributed by atoms with Gasteiger partial charge in [0.1, 0.15) is 5.82 Å². The Labute approximate surface area is 199 Å². The molecule has 1 saturated carbocycles. The van der Waals surface area contributed by atoms with Crippen LogP contribution in [0.5, 0.6) is 0 Å². The van der Waals surface area contributed by atoms with Gasteiger partial charge in [-0.15, -0.1) is 0 Å². The molecule has 0 bridgehead atoms. The van der Waals surface area contributed by atoms with Crippen molar-refractivity contribution in [2.24, 2.45) is 0 Å². The van der Waals surface area contributed by atoms with Crippen LogP contribution in [0, 0.1) is 5.82 Å². The number of carbonyl (C=O) groups is 4. The smallest absolute Gasteiger partial charge is 0.307 e. The third kappa shape index (κ3) is 4.72. The second-order valence-corrected chi connectivity index (χ2v) is 9.70. The van der Waals surface area contributed by atoms with E-state index in [-0.39, 0.29) is 55.7 Å². The van der Waals surface area contributed by atoms with E-state index >= 15 is 0 Å². The summed E-state index contributed by atoms with van der Waals surface area (Å²) in [5, 5.41) is 0. The highest BCUT2D eigenvalue weighted by Gasteiger charge is 2.56. The van der Waals surface area contributed by atoms with Crippen molar-refractivity contribution in [2.45, 2.75) is 88.6 Å². The first kappa shape index (κ1) is 24.4. The fraction of sp³-hybridized carbons (Fsp3) is 0.615. The largest absolute Gasteiger partial charge is 0.466 e. The van der Waals surface area contributed by atoms with E-state index in [1.165, 1.54) is 23.1 Å². The van der Waals surface area contributed by atoms with Crippen molar-refractivity contribution in [3.8, 4) is 0 Å². The Morgan fingerprint density at radius 2 is 1.85 bits per heavy atom. The summed E-state index contributed by atoms with van der Waals surface area (Å²) < 4.78 is 19.3.